The Morgan fingerprint density at radius 1 is 1.43 bits per heavy atom. The van der Waals surface area contributed by atoms with E-state index in [9.17, 15) is 9.90 Å². The van der Waals surface area contributed by atoms with Crippen molar-refractivity contribution in [2.45, 2.75) is 39.2 Å². The van der Waals surface area contributed by atoms with Gasteiger partial charge in [-0.25, -0.2) is 4.98 Å². The van der Waals surface area contributed by atoms with Crippen molar-refractivity contribution in [1.29, 1.82) is 0 Å². The lowest BCUT2D eigenvalue weighted by molar-refractivity contribution is -0.150. The number of thiazole rings is 1. The molecule has 7 nitrogen and oxygen atoms in total. The topological polar surface area (TPSA) is 80.0 Å². The van der Waals surface area contributed by atoms with E-state index in [0.29, 0.717) is 35.4 Å². The van der Waals surface area contributed by atoms with E-state index in [1.807, 2.05) is 38.1 Å². The normalized spacial score (nSPS) is 18.6. The lowest BCUT2D eigenvalue weighted by atomic mass is 9.94. The quantitative estimate of drug-likeness (QED) is 0.572. The van der Waals surface area contributed by atoms with Crippen LogP contribution in [-0.2, 0) is 16.0 Å². The molecule has 0 aliphatic carbocycles. The highest BCUT2D eigenvalue weighted by Crippen LogP contribution is 2.42. The van der Waals surface area contributed by atoms with E-state index in [2.05, 4.69) is 15.0 Å². The molecule has 0 amide bonds. The Morgan fingerprint density at radius 3 is 2.97 bits per heavy atom. The largest absolute Gasteiger partial charge is 0.492 e. The summed E-state index contributed by atoms with van der Waals surface area (Å²) >= 11 is 7.71. The van der Waals surface area contributed by atoms with Gasteiger partial charge in [-0.15, -0.1) is 5.10 Å². The molecule has 30 heavy (non-hydrogen) atoms. The minimum Gasteiger partial charge on any atom is -0.492 e. The van der Waals surface area contributed by atoms with Gasteiger partial charge in [0.15, 0.2) is 5.82 Å². The van der Waals surface area contributed by atoms with E-state index in [1.54, 1.807) is 0 Å². The number of aryl methyl sites for hydroxylation is 1. The molecule has 1 saturated heterocycles. The summed E-state index contributed by atoms with van der Waals surface area (Å²) in [6.07, 6.45) is 2.38. The summed E-state index contributed by atoms with van der Waals surface area (Å²) in [7, 11) is 0. The van der Waals surface area contributed by atoms with Crippen LogP contribution in [0.5, 0.6) is 5.88 Å². The summed E-state index contributed by atoms with van der Waals surface area (Å²) in [6.45, 7) is 5.55. The van der Waals surface area contributed by atoms with E-state index in [-0.39, 0.29) is 23.8 Å². The molecule has 4 rings (SSSR count). The van der Waals surface area contributed by atoms with Gasteiger partial charge in [-0.1, -0.05) is 42.0 Å². The van der Waals surface area contributed by atoms with E-state index in [1.165, 1.54) is 15.9 Å². The average molecular weight is 449 g/mol. The zero-order valence-electron chi connectivity index (χ0n) is 17.0. The molecule has 1 N–H and O–H groups in total. The third-order valence-corrected chi connectivity index (χ3v) is 6.72. The van der Waals surface area contributed by atoms with E-state index < -0.39 is 0 Å². The Bertz CT molecular complexity index is 1050. The predicted octanol–water partition coefficient (Wildman–Crippen LogP) is 4.08. The summed E-state index contributed by atoms with van der Waals surface area (Å²) in [5.41, 5.74) is 0.961. The number of rotatable bonds is 6. The van der Waals surface area contributed by atoms with Gasteiger partial charge < -0.3 is 9.84 Å². The molecule has 1 fully saturated rings. The number of esters is 1. The van der Waals surface area contributed by atoms with Crippen LogP contribution in [0.15, 0.2) is 24.3 Å². The molecule has 2 atom stereocenters. The van der Waals surface area contributed by atoms with Gasteiger partial charge in [0.1, 0.15) is 0 Å². The van der Waals surface area contributed by atoms with Crippen LogP contribution in [0.4, 0.5) is 0 Å². The third kappa shape index (κ3) is 4.04. The number of fused-ring (bicyclic) bond motifs is 1. The van der Waals surface area contributed by atoms with Crippen LogP contribution < -0.4 is 0 Å². The number of halogens is 1. The number of nitrogens with zero attached hydrogens (tertiary/aromatic N) is 4. The minimum atomic E-state index is -0.250. The average Bonchev–Trinajstić information content (AvgIpc) is 3.28. The maximum absolute atomic E-state index is 12.4. The SMILES string of the molecule is CCOC(=O)[C@@H]1CCCN([C@@H](c2cccc(Cl)c2)c2sc3nc(CC)nn3c2O)C1. The van der Waals surface area contributed by atoms with Crippen molar-refractivity contribution in [2.24, 2.45) is 5.92 Å². The number of carbonyl (C=O) groups is 1. The molecule has 160 valence electrons. The molecular weight excluding hydrogens is 424 g/mol. The van der Waals surface area contributed by atoms with Crippen molar-refractivity contribution < 1.29 is 14.6 Å². The molecule has 0 spiro atoms. The number of ether oxygens (including phenoxy) is 1. The molecule has 0 saturated carbocycles. The van der Waals surface area contributed by atoms with Crippen molar-refractivity contribution in [2.75, 3.05) is 19.7 Å². The highest BCUT2D eigenvalue weighted by molar-refractivity contribution is 7.17. The van der Waals surface area contributed by atoms with Gasteiger partial charge in [-0.2, -0.15) is 4.52 Å². The number of likely N-dealkylation sites (tertiary alicyclic amines) is 1. The van der Waals surface area contributed by atoms with Crippen molar-refractivity contribution in [3.05, 3.63) is 45.6 Å². The molecule has 0 radical (unpaired) electrons. The van der Waals surface area contributed by atoms with Crippen LogP contribution in [0.2, 0.25) is 5.02 Å². The van der Waals surface area contributed by atoms with E-state index in [0.717, 1.165) is 29.8 Å². The van der Waals surface area contributed by atoms with Crippen LogP contribution in [0.3, 0.4) is 0 Å². The smallest absolute Gasteiger partial charge is 0.310 e. The first-order valence-corrected chi connectivity index (χ1v) is 11.4. The minimum absolute atomic E-state index is 0.0884. The fourth-order valence-corrected chi connectivity index (χ4v) is 5.35. The maximum atomic E-state index is 12.4. The van der Waals surface area contributed by atoms with Gasteiger partial charge in [0, 0.05) is 18.0 Å². The maximum Gasteiger partial charge on any atom is 0.310 e. The van der Waals surface area contributed by atoms with Crippen LogP contribution in [0.1, 0.15) is 49.0 Å². The number of hydrogen-bond donors (Lipinski definition) is 1. The molecular formula is C21H25ClN4O3S. The second-order valence-electron chi connectivity index (χ2n) is 7.41. The molecule has 1 aliphatic rings. The number of aromatic nitrogens is 3. The van der Waals surface area contributed by atoms with E-state index >= 15 is 0 Å². The van der Waals surface area contributed by atoms with Crippen LogP contribution in [0.25, 0.3) is 4.96 Å². The van der Waals surface area contributed by atoms with Crippen LogP contribution in [-0.4, -0.2) is 50.3 Å². The number of carbonyl (C=O) groups excluding carboxylic acids is 1. The Labute approximate surface area is 184 Å². The van der Waals surface area contributed by atoms with Gasteiger partial charge in [0.05, 0.1) is 23.4 Å². The molecule has 3 aromatic rings. The lowest BCUT2D eigenvalue weighted by Gasteiger charge is -2.37. The second kappa shape index (κ2) is 8.91. The highest BCUT2D eigenvalue weighted by atomic mass is 35.5. The summed E-state index contributed by atoms with van der Waals surface area (Å²) in [6, 6.07) is 7.39. The Balaban J connectivity index is 1.75. The molecule has 1 aliphatic heterocycles. The summed E-state index contributed by atoms with van der Waals surface area (Å²) < 4.78 is 6.77. The Kier molecular flexibility index (Phi) is 6.26. The van der Waals surface area contributed by atoms with Crippen molar-refractivity contribution >= 4 is 33.9 Å². The standard InChI is InChI=1S/C21H25ClN4O3S/c1-3-16-23-21-26(24-16)19(27)18(30-21)17(13-7-5-9-15(22)11-13)25-10-6-8-14(12-25)20(28)29-4-2/h5,7,9,11,14,17,27H,3-4,6,8,10,12H2,1-2H3/t14-,17+/m1/s1. The summed E-state index contributed by atoms with van der Waals surface area (Å²) in [5, 5.41) is 16.0. The van der Waals surface area contributed by atoms with Crippen molar-refractivity contribution in [1.82, 2.24) is 19.5 Å². The highest BCUT2D eigenvalue weighted by Gasteiger charge is 2.35. The number of hydrogen-bond acceptors (Lipinski definition) is 7. The van der Waals surface area contributed by atoms with E-state index in [4.69, 9.17) is 16.3 Å². The molecule has 0 unspecified atom stereocenters. The fourth-order valence-electron chi connectivity index (χ4n) is 4.02. The Hall–Kier alpha value is -2.16. The number of piperidine rings is 1. The molecule has 0 bridgehead atoms. The van der Waals surface area contributed by atoms with Crippen molar-refractivity contribution in [3.63, 3.8) is 0 Å². The summed E-state index contributed by atoms with van der Waals surface area (Å²) in [5.74, 6) is 0.441. The first-order valence-electron chi connectivity index (χ1n) is 10.2. The number of benzene rings is 1. The first-order chi connectivity index (χ1) is 14.5. The lowest BCUT2D eigenvalue weighted by Crippen LogP contribution is -2.41. The summed E-state index contributed by atoms with van der Waals surface area (Å²) in [4.78, 5) is 20.5. The van der Waals surface area contributed by atoms with Crippen LogP contribution in [0, 0.1) is 5.92 Å². The zero-order valence-corrected chi connectivity index (χ0v) is 18.6. The zero-order chi connectivity index (χ0) is 21.3. The Morgan fingerprint density at radius 2 is 2.27 bits per heavy atom. The van der Waals surface area contributed by atoms with Gasteiger partial charge >= 0.3 is 5.97 Å². The molecule has 2 aromatic heterocycles. The van der Waals surface area contributed by atoms with Crippen LogP contribution >= 0.6 is 22.9 Å². The predicted molar refractivity (Wildman–Crippen MR) is 116 cm³/mol. The fraction of sp³-hybridized carbons (Fsp3) is 0.476. The van der Waals surface area contributed by atoms with Gasteiger partial charge in [0.2, 0.25) is 10.8 Å². The second-order valence-corrected chi connectivity index (χ2v) is 8.86. The molecule has 1 aromatic carbocycles. The van der Waals surface area contributed by atoms with Gasteiger partial charge in [-0.3, -0.25) is 9.69 Å². The number of aromatic hydroxyl groups is 1. The monoisotopic (exact) mass is 448 g/mol. The van der Waals surface area contributed by atoms with Crippen molar-refractivity contribution in [3.8, 4) is 5.88 Å². The third-order valence-electron chi connectivity index (χ3n) is 5.41. The molecule has 3 heterocycles. The van der Waals surface area contributed by atoms with Gasteiger partial charge in [-0.05, 0) is 44.0 Å². The molecule has 9 heteroatoms. The van der Waals surface area contributed by atoms with Gasteiger partial charge in [0.25, 0.3) is 0 Å². The first kappa shape index (κ1) is 21.1.